The molecule has 31 heavy (non-hydrogen) atoms. The van der Waals surface area contributed by atoms with Crippen LogP contribution in [0, 0.1) is 11.8 Å². The van der Waals surface area contributed by atoms with E-state index < -0.39 is 0 Å². The van der Waals surface area contributed by atoms with Gasteiger partial charge in [0.2, 0.25) is 0 Å². The maximum absolute atomic E-state index is 6.23. The number of ether oxygens (including phenoxy) is 2. The van der Waals surface area contributed by atoms with E-state index in [0.717, 1.165) is 41.7 Å². The average molecular weight is 421 g/mol. The SMILES string of the molecule is COc1cc(C#Cc2cn([C@@H]3CN[C@H](CN(C)C)C3)c3ncnc(N)c23)cc(OC)c1. The lowest BCUT2D eigenvalue weighted by Gasteiger charge is -2.16. The predicted octanol–water partition coefficient (Wildman–Crippen LogP) is 1.90. The third-order valence-electron chi connectivity index (χ3n) is 5.51. The first-order valence-electron chi connectivity index (χ1n) is 10.2. The van der Waals surface area contributed by atoms with Crippen LogP contribution in [0.5, 0.6) is 11.5 Å². The Hall–Kier alpha value is -3.28. The highest BCUT2D eigenvalue weighted by atomic mass is 16.5. The molecule has 0 radical (unpaired) electrons. The average Bonchev–Trinajstić information content (AvgIpc) is 3.36. The number of nitrogens with zero attached hydrogens (tertiary/aromatic N) is 4. The van der Waals surface area contributed by atoms with Crippen LogP contribution < -0.4 is 20.5 Å². The van der Waals surface area contributed by atoms with Crippen molar-refractivity contribution in [1.82, 2.24) is 24.8 Å². The molecule has 1 aliphatic heterocycles. The van der Waals surface area contributed by atoms with Crippen molar-refractivity contribution in [2.24, 2.45) is 0 Å². The summed E-state index contributed by atoms with van der Waals surface area (Å²) in [5.41, 5.74) is 8.65. The number of fused-ring (bicyclic) bond motifs is 1. The summed E-state index contributed by atoms with van der Waals surface area (Å²) in [5, 5.41) is 4.40. The van der Waals surface area contributed by atoms with Gasteiger partial charge in [0.1, 0.15) is 29.3 Å². The van der Waals surface area contributed by atoms with Gasteiger partial charge in [-0.3, -0.25) is 0 Å². The third kappa shape index (κ3) is 4.43. The summed E-state index contributed by atoms with van der Waals surface area (Å²) in [6.45, 7) is 1.88. The molecule has 0 unspecified atom stereocenters. The first-order chi connectivity index (χ1) is 15.0. The van der Waals surface area contributed by atoms with Crippen LogP contribution in [0.1, 0.15) is 23.6 Å². The highest BCUT2D eigenvalue weighted by molar-refractivity contribution is 5.92. The van der Waals surface area contributed by atoms with Crippen molar-refractivity contribution in [3.8, 4) is 23.3 Å². The van der Waals surface area contributed by atoms with Gasteiger partial charge in [-0.05, 0) is 32.6 Å². The van der Waals surface area contributed by atoms with Crippen molar-refractivity contribution in [2.75, 3.05) is 47.1 Å². The second-order valence-electron chi connectivity index (χ2n) is 8.02. The number of aromatic nitrogens is 3. The summed E-state index contributed by atoms with van der Waals surface area (Å²) in [6, 6.07) is 6.30. The number of hydrogen-bond acceptors (Lipinski definition) is 7. The van der Waals surface area contributed by atoms with E-state index in [2.05, 4.69) is 50.7 Å². The number of rotatable bonds is 5. The maximum atomic E-state index is 6.23. The van der Waals surface area contributed by atoms with Crippen molar-refractivity contribution in [2.45, 2.75) is 18.5 Å². The molecule has 1 aromatic carbocycles. The van der Waals surface area contributed by atoms with E-state index in [1.54, 1.807) is 14.2 Å². The van der Waals surface area contributed by atoms with E-state index in [9.17, 15) is 0 Å². The van der Waals surface area contributed by atoms with E-state index in [-0.39, 0.29) is 6.04 Å². The molecule has 4 rings (SSSR count). The first kappa shape index (κ1) is 21.0. The van der Waals surface area contributed by atoms with Gasteiger partial charge in [-0.2, -0.15) is 0 Å². The lowest BCUT2D eigenvalue weighted by Crippen LogP contribution is -2.33. The van der Waals surface area contributed by atoms with Gasteiger partial charge in [0.05, 0.1) is 25.2 Å². The molecule has 0 bridgehead atoms. The molecule has 1 fully saturated rings. The lowest BCUT2D eigenvalue weighted by atomic mass is 10.1. The van der Waals surface area contributed by atoms with Crippen molar-refractivity contribution in [3.63, 3.8) is 0 Å². The molecule has 0 saturated carbocycles. The van der Waals surface area contributed by atoms with Gasteiger partial charge in [0.15, 0.2) is 0 Å². The number of likely N-dealkylation sites (N-methyl/N-ethyl adjacent to an activating group) is 1. The molecule has 0 spiro atoms. The largest absolute Gasteiger partial charge is 0.497 e. The number of nitrogens with two attached hydrogens (primary N) is 1. The van der Waals surface area contributed by atoms with Crippen LogP contribution in [0.25, 0.3) is 11.0 Å². The Labute approximate surface area is 182 Å². The van der Waals surface area contributed by atoms with Gasteiger partial charge in [0, 0.05) is 43.0 Å². The Kier molecular flexibility index (Phi) is 5.98. The summed E-state index contributed by atoms with van der Waals surface area (Å²) in [4.78, 5) is 10.9. The normalized spacial score (nSPS) is 18.2. The summed E-state index contributed by atoms with van der Waals surface area (Å²) in [7, 11) is 7.43. The summed E-state index contributed by atoms with van der Waals surface area (Å²) in [5.74, 6) is 8.30. The predicted molar refractivity (Wildman–Crippen MR) is 121 cm³/mol. The fourth-order valence-electron chi connectivity index (χ4n) is 4.09. The summed E-state index contributed by atoms with van der Waals surface area (Å²) < 4.78 is 12.9. The number of anilines is 1. The van der Waals surface area contributed by atoms with Crippen molar-refractivity contribution in [1.29, 1.82) is 0 Å². The standard InChI is InChI=1S/C23H28N6O2/c1-28(2)13-17-9-18(11-25-17)29-12-16(21-22(24)26-14-27-23(21)29)6-5-15-7-19(30-3)10-20(8-15)31-4/h7-8,10,12,14,17-18,25H,9,11,13H2,1-4H3,(H2,24,26,27)/t17-,18-/m0/s1. The Balaban J connectivity index is 1.72. The molecule has 0 amide bonds. The number of benzene rings is 1. The molecule has 2 aromatic heterocycles. The summed E-state index contributed by atoms with van der Waals surface area (Å²) >= 11 is 0. The molecule has 1 aliphatic rings. The van der Waals surface area contributed by atoms with E-state index in [1.807, 2.05) is 24.4 Å². The Morgan fingerprint density at radius 3 is 2.58 bits per heavy atom. The highest BCUT2D eigenvalue weighted by Gasteiger charge is 2.28. The van der Waals surface area contributed by atoms with Gasteiger partial charge >= 0.3 is 0 Å². The number of hydrogen-bond donors (Lipinski definition) is 2. The molecule has 3 aromatic rings. The van der Waals surface area contributed by atoms with Gasteiger partial charge in [0.25, 0.3) is 0 Å². The first-order valence-corrected chi connectivity index (χ1v) is 10.2. The Morgan fingerprint density at radius 1 is 1.16 bits per heavy atom. The smallest absolute Gasteiger partial charge is 0.147 e. The van der Waals surface area contributed by atoms with Gasteiger partial charge < -0.3 is 30.0 Å². The topological polar surface area (TPSA) is 90.5 Å². The van der Waals surface area contributed by atoms with E-state index >= 15 is 0 Å². The number of nitrogens with one attached hydrogen (secondary N) is 1. The van der Waals surface area contributed by atoms with Crippen LogP contribution in [0.4, 0.5) is 5.82 Å². The van der Waals surface area contributed by atoms with E-state index in [1.165, 1.54) is 6.33 Å². The number of methoxy groups -OCH3 is 2. The van der Waals surface area contributed by atoms with Gasteiger partial charge in [-0.15, -0.1) is 0 Å². The third-order valence-corrected chi connectivity index (χ3v) is 5.51. The minimum atomic E-state index is 0.286. The van der Waals surface area contributed by atoms with Crippen LogP contribution in [0.15, 0.2) is 30.7 Å². The van der Waals surface area contributed by atoms with Crippen LogP contribution in [0.2, 0.25) is 0 Å². The molecule has 162 valence electrons. The quantitative estimate of drug-likeness (QED) is 0.609. The molecule has 2 atom stereocenters. The molecule has 3 heterocycles. The minimum Gasteiger partial charge on any atom is -0.497 e. The zero-order chi connectivity index (χ0) is 22.0. The molecular formula is C23H28N6O2. The minimum absolute atomic E-state index is 0.286. The molecule has 1 saturated heterocycles. The van der Waals surface area contributed by atoms with Crippen LogP contribution >= 0.6 is 0 Å². The number of nitrogen functional groups attached to an aromatic ring is 1. The van der Waals surface area contributed by atoms with Crippen molar-refractivity contribution in [3.05, 3.63) is 41.9 Å². The molecule has 8 nitrogen and oxygen atoms in total. The maximum Gasteiger partial charge on any atom is 0.147 e. The van der Waals surface area contributed by atoms with Gasteiger partial charge in [-0.25, -0.2) is 9.97 Å². The second-order valence-corrected chi connectivity index (χ2v) is 8.02. The van der Waals surface area contributed by atoms with Gasteiger partial charge in [-0.1, -0.05) is 11.8 Å². The summed E-state index contributed by atoms with van der Waals surface area (Å²) in [6.07, 6.45) is 4.58. The molecular weight excluding hydrogens is 392 g/mol. The van der Waals surface area contributed by atoms with Crippen molar-refractivity contribution >= 4 is 16.9 Å². The Morgan fingerprint density at radius 2 is 1.90 bits per heavy atom. The second kappa shape index (κ2) is 8.84. The monoisotopic (exact) mass is 420 g/mol. The van der Waals surface area contributed by atoms with Crippen LogP contribution in [-0.4, -0.2) is 66.9 Å². The lowest BCUT2D eigenvalue weighted by molar-refractivity contribution is 0.353. The molecule has 3 N–H and O–H groups in total. The Bertz CT molecular complexity index is 1120. The highest BCUT2D eigenvalue weighted by Crippen LogP contribution is 2.30. The fraction of sp³-hybridized carbons (Fsp3) is 0.391. The van der Waals surface area contributed by atoms with Crippen LogP contribution in [0.3, 0.4) is 0 Å². The van der Waals surface area contributed by atoms with E-state index in [4.69, 9.17) is 15.2 Å². The zero-order valence-electron chi connectivity index (χ0n) is 18.3. The molecule has 8 heteroatoms. The van der Waals surface area contributed by atoms with E-state index in [0.29, 0.717) is 23.4 Å². The van der Waals surface area contributed by atoms with Crippen LogP contribution in [-0.2, 0) is 0 Å². The fourth-order valence-corrected chi connectivity index (χ4v) is 4.09. The van der Waals surface area contributed by atoms with Crippen molar-refractivity contribution < 1.29 is 9.47 Å². The molecule has 0 aliphatic carbocycles. The zero-order valence-corrected chi connectivity index (χ0v) is 18.3.